The lowest BCUT2D eigenvalue weighted by molar-refractivity contribution is -0.147. The molecule has 0 heterocycles. The normalized spacial score (nSPS) is 13.6. The van der Waals surface area contributed by atoms with Crippen molar-refractivity contribution < 1.29 is 14.6 Å². The summed E-state index contributed by atoms with van der Waals surface area (Å²) in [6.07, 6.45) is -0.841. The molecule has 0 radical (unpaired) electrons. The van der Waals surface area contributed by atoms with E-state index >= 15 is 0 Å². The van der Waals surface area contributed by atoms with Crippen LogP contribution in [0.1, 0.15) is 37.8 Å². The zero-order valence-electron chi connectivity index (χ0n) is 14.3. The third-order valence-corrected chi connectivity index (χ3v) is 3.46. The predicted molar refractivity (Wildman–Crippen MR) is 92.3 cm³/mol. The highest BCUT2D eigenvalue weighted by Crippen LogP contribution is 2.29. The zero-order chi connectivity index (χ0) is 16.2. The van der Waals surface area contributed by atoms with Crippen molar-refractivity contribution in [1.82, 2.24) is 4.90 Å². The quantitative estimate of drug-likeness (QED) is 0.830. The first-order valence-electron chi connectivity index (χ1n) is 7.37. The van der Waals surface area contributed by atoms with Gasteiger partial charge in [-0.05, 0) is 44.1 Å². The van der Waals surface area contributed by atoms with Crippen LogP contribution in [-0.4, -0.2) is 42.7 Å². The van der Waals surface area contributed by atoms with Crippen molar-refractivity contribution in [3.8, 4) is 5.75 Å². The molecule has 0 aliphatic rings. The van der Waals surface area contributed by atoms with Crippen molar-refractivity contribution in [2.45, 2.75) is 39.7 Å². The lowest BCUT2D eigenvalue weighted by Gasteiger charge is -2.26. The van der Waals surface area contributed by atoms with E-state index in [-0.39, 0.29) is 18.3 Å². The van der Waals surface area contributed by atoms with Crippen molar-refractivity contribution in [1.29, 1.82) is 0 Å². The number of ether oxygens (including phenoxy) is 1. The topological polar surface area (TPSA) is 49.8 Å². The summed E-state index contributed by atoms with van der Waals surface area (Å²) in [7, 11) is 3.86. The Morgan fingerprint density at radius 2 is 1.86 bits per heavy atom. The molecular formula is C17H28ClNO3. The summed E-state index contributed by atoms with van der Waals surface area (Å²) in [4.78, 5) is 13.5. The fraction of sp³-hybridized carbons (Fsp3) is 0.588. The number of nitrogens with zero attached hydrogens (tertiary/aromatic N) is 1. The van der Waals surface area contributed by atoms with E-state index in [1.54, 1.807) is 0 Å². The fourth-order valence-corrected chi connectivity index (χ4v) is 2.44. The Hall–Kier alpha value is -1.26. The van der Waals surface area contributed by atoms with E-state index < -0.39 is 12.1 Å². The molecule has 0 saturated heterocycles. The van der Waals surface area contributed by atoms with Gasteiger partial charge in [-0.15, -0.1) is 12.4 Å². The lowest BCUT2D eigenvalue weighted by atomic mass is 9.99. The average Bonchev–Trinajstić information content (AvgIpc) is 2.34. The number of rotatable bonds is 7. The van der Waals surface area contributed by atoms with Crippen LogP contribution < -0.4 is 4.74 Å². The average molecular weight is 330 g/mol. The lowest BCUT2D eigenvalue weighted by Crippen LogP contribution is -2.39. The molecule has 0 spiro atoms. The van der Waals surface area contributed by atoms with E-state index in [9.17, 15) is 9.90 Å². The van der Waals surface area contributed by atoms with E-state index in [1.165, 1.54) is 0 Å². The molecule has 22 heavy (non-hydrogen) atoms. The van der Waals surface area contributed by atoms with Gasteiger partial charge in [-0.25, -0.2) is 4.79 Å². The number of carboxylic acids is 1. The van der Waals surface area contributed by atoms with Crippen LogP contribution in [0.3, 0.4) is 0 Å². The molecule has 2 atom stereocenters. The molecule has 0 aliphatic heterocycles. The number of benzene rings is 1. The molecule has 126 valence electrons. The van der Waals surface area contributed by atoms with Crippen LogP contribution in [0.2, 0.25) is 0 Å². The van der Waals surface area contributed by atoms with Gasteiger partial charge in [-0.1, -0.05) is 32.9 Å². The smallest absolute Gasteiger partial charge is 0.345 e. The molecular weight excluding hydrogens is 302 g/mol. The highest BCUT2D eigenvalue weighted by molar-refractivity contribution is 5.85. The van der Waals surface area contributed by atoms with Gasteiger partial charge in [0.1, 0.15) is 5.75 Å². The Morgan fingerprint density at radius 3 is 2.32 bits per heavy atom. The van der Waals surface area contributed by atoms with Gasteiger partial charge in [0.2, 0.25) is 0 Å². The number of aliphatic carboxylic acids is 1. The Balaban J connectivity index is 0.00000441. The van der Waals surface area contributed by atoms with Gasteiger partial charge in [-0.3, -0.25) is 0 Å². The molecule has 2 unspecified atom stereocenters. The largest absolute Gasteiger partial charge is 0.478 e. The fourth-order valence-electron chi connectivity index (χ4n) is 2.44. The number of carbonyl (C=O) groups is 1. The number of carboxylic acid groups (broad SMARTS) is 1. The van der Waals surface area contributed by atoms with Crippen LogP contribution in [-0.2, 0) is 4.79 Å². The van der Waals surface area contributed by atoms with Crippen molar-refractivity contribution in [3.05, 3.63) is 29.3 Å². The number of hydrogen-bond acceptors (Lipinski definition) is 3. The standard InChI is InChI=1S/C17H27NO3.ClH/c1-11(2)14-8-7-12(3)9-15(14)21-16(17(19)20)13(4)10-18(5)6;/h7-9,11,13,16H,10H2,1-6H3,(H,19,20);1H. The van der Waals surface area contributed by atoms with Gasteiger partial charge in [0.15, 0.2) is 6.10 Å². The minimum absolute atomic E-state index is 0. The summed E-state index contributed by atoms with van der Waals surface area (Å²) in [5, 5.41) is 9.47. The highest BCUT2D eigenvalue weighted by Gasteiger charge is 2.28. The molecule has 0 aliphatic carbocycles. The summed E-state index contributed by atoms with van der Waals surface area (Å²) in [5.41, 5.74) is 2.11. The third-order valence-electron chi connectivity index (χ3n) is 3.46. The second-order valence-electron chi connectivity index (χ2n) is 6.31. The van der Waals surface area contributed by atoms with Crippen LogP contribution in [0.25, 0.3) is 0 Å². The third kappa shape index (κ3) is 5.85. The predicted octanol–water partition coefficient (Wildman–Crippen LogP) is 3.57. The molecule has 1 aromatic rings. The number of hydrogen-bond donors (Lipinski definition) is 1. The summed E-state index contributed by atoms with van der Waals surface area (Å²) >= 11 is 0. The first-order valence-corrected chi connectivity index (χ1v) is 7.37. The molecule has 4 nitrogen and oxygen atoms in total. The van der Waals surface area contributed by atoms with Gasteiger partial charge in [0.25, 0.3) is 0 Å². The maximum absolute atomic E-state index is 11.5. The van der Waals surface area contributed by atoms with Crippen LogP contribution in [0.5, 0.6) is 5.75 Å². The number of halogens is 1. The summed E-state index contributed by atoms with van der Waals surface area (Å²) in [5.74, 6) is -0.0409. The van der Waals surface area contributed by atoms with Crippen molar-refractivity contribution >= 4 is 18.4 Å². The Kier molecular flexibility index (Phi) is 8.49. The molecule has 0 aromatic heterocycles. The van der Waals surface area contributed by atoms with E-state index in [1.807, 2.05) is 51.0 Å². The van der Waals surface area contributed by atoms with Crippen molar-refractivity contribution in [2.24, 2.45) is 5.92 Å². The second-order valence-corrected chi connectivity index (χ2v) is 6.31. The van der Waals surface area contributed by atoms with E-state index in [4.69, 9.17) is 4.74 Å². The van der Waals surface area contributed by atoms with Crippen LogP contribution in [0.4, 0.5) is 0 Å². The van der Waals surface area contributed by atoms with Gasteiger partial charge in [-0.2, -0.15) is 0 Å². The molecule has 1 N–H and O–H groups in total. The minimum Gasteiger partial charge on any atom is -0.478 e. The summed E-state index contributed by atoms with van der Waals surface area (Å²) in [6.45, 7) is 8.71. The molecule has 0 saturated carbocycles. The maximum atomic E-state index is 11.5. The molecule has 0 fully saturated rings. The molecule has 5 heteroatoms. The molecule has 0 amide bonds. The van der Waals surface area contributed by atoms with Crippen molar-refractivity contribution in [3.63, 3.8) is 0 Å². The van der Waals surface area contributed by atoms with E-state index in [2.05, 4.69) is 13.8 Å². The Labute approximate surface area is 139 Å². The van der Waals surface area contributed by atoms with E-state index in [0.717, 1.165) is 11.1 Å². The van der Waals surface area contributed by atoms with E-state index in [0.29, 0.717) is 18.2 Å². The van der Waals surface area contributed by atoms with Gasteiger partial charge in [0.05, 0.1) is 0 Å². The summed E-state index contributed by atoms with van der Waals surface area (Å²) < 4.78 is 5.89. The first-order chi connectivity index (χ1) is 9.72. The number of aryl methyl sites for hydroxylation is 1. The first kappa shape index (κ1) is 20.7. The Morgan fingerprint density at radius 1 is 1.27 bits per heavy atom. The Bertz CT molecular complexity index is 489. The minimum atomic E-state index is -0.916. The van der Waals surface area contributed by atoms with Gasteiger partial charge < -0.3 is 14.7 Å². The van der Waals surface area contributed by atoms with Crippen LogP contribution in [0, 0.1) is 12.8 Å². The maximum Gasteiger partial charge on any atom is 0.345 e. The van der Waals surface area contributed by atoms with Gasteiger partial charge in [0, 0.05) is 12.5 Å². The van der Waals surface area contributed by atoms with Gasteiger partial charge >= 0.3 is 5.97 Å². The SMILES string of the molecule is Cc1ccc(C(C)C)c(OC(C(=O)O)C(C)CN(C)C)c1.Cl. The zero-order valence-corrected chi connectivity index (χ0v) is 15.1. The monoisotopic (exact) mass is 329 g/mol. The van der Waals surface area contributed by atoms with Crippen LogP contribution in [0.15, 0.2) is 18.2 Å². The summed E-state index contributed by atoms with van der Waals surface area (Å²) in [6, 6.07) is 5.97. The highest BCUT2D eigenvalue weighted by atomic mass is 35.5. The van der Waals surface area contributed by atoms with Crippen LogP contribution >= 0.6 is 12.4 Å². The molecule has 1 aromatic carbocycles. The second kappa shape index (κ2) is 9.01. The molecule has 0 bridgehead atoms. The van der Waals surface area contributed by atoms with Crippen molar-refractivity contribution in [2.75, 3.05) is 20.6 Å². The molecule has 1 rings (SSSR count).